The minimum Gasteiger partial charge on any atom is -0.351 e. The van der Waals surface area contributed by atoms with E-state index in [0.717, 1.165) is 0 Å². The Bertz CT molecular complexity index is 535. The van der Waals surface area contributed by atoms with Crippen LogP contribution in [0.15, 0.2) is 18.2 Å². The Morgan fingerprint density at radius 3 is 2.75 bits per heavy atom. The number of carbonyl (C=O) groups is 1. The second kappa shape index (κ2) is 7.56. The number of amides is 1. The van der Waals surface area contributed by atoms with Crippen LogP contribution in [-0.4, -0.2) is 33.1 Å². The summed E-state index contributed by atoms with van der Waals surface area (Å²) in [6.45, 7) is 1.97. The highest BCUT2D eigenvalue weighted by atomic mass is 32.2. The van der Waals surface area contributed by atoms with Crippen LogP contribution < -0.4 is 16.6 Å². The molecule has 20 heavy (non-hydrogen) atoms. The standard InChI is InChI=1S/C11H16N4O4S/c1-2-20(19)7-6-13-11(16)8-4-3-5-9(14-12)10(8)15(17)18/h3-5,14H,2,6-7,12H2,1H3,(H,13,16). The first-order valence-corrected chi connectivity index (χ1v) is 7.37. The SMILES string of the molecule is CCS(=O)CCNC(=O)c1cccc(NN)c1[N+](=O)[O-]. The van der Waals surface area contributed by atoms with E-state index in [1.165, 1.54) is 18.2 Å². The highest BCUT2D eigenvalue weighted by Crippen LogP contribution is 2.27. The van der Waals surface area contributed by atoms with Gasteiger partial charge in [0.05, 0.1) is 4.92 Å². The number of hydrogen-bond donors (Lipinski definition) is 3. The molecule has 0 saturated carbocycles. The quantitative estimate of drug-likeness (QED) is 0.379. The summed E-state index contributed by atoms with van der Waals surface area (Å²) in [6, 6.07) is 4.23. The summed E-state index contributed by atoms with van der Waals surface area (Å²) in [4.78, 5) is 22.3. The Labute approximate surface area is 118 Å². The van der Waals surface area contributed by atoms with Gasteiger partial charge in [0.1, 0.15) is 11.3 Å². The van der Waals surface area contributed by atoms with Gasteiger partial charge >= 0.3 is 5.69 Å². The van der Waals surface area contributed by atoms with Gasteiger partial charge in [0, 0.05) is 28.9 Å². The lowest BCUT2D eigenvalue weighted by Crippen LogP contribution is -2.28. The molecule has 1 aromatic carbocycles. The average Bonchev–Trinajstić information content (AvgIpc) is 2.45. The van der Waals surface area contributed by atoms with Crippen LogP contribution in [0.3, 0.4) is 0 Å². The summed E-state index contributed by atoms with van der Waals surface area (Å²) in [5.41, 5.74) is 1.77. The number of nitrogens with zero attached hydrogens (tertiary/aromatic N) is 1. The van der Waals surface area contributed by atoms with Gasteiger partial charge in [0.2, 0.25) is 0 Å². The molecule has 0 bridgehead atoms. The van der Waals surface area contributed by atoms with E-state index in [1.807, 2.05) is 0 Å². The van der Waals surface area contributed by atoms with Gasteiger partial charge in [-0.3, -0.25) is 25.0 Å². The summed E-state index contributed by atoms with van der Waals surface area (Å²) in [6.07, 6.45) is 0. The normalized spacial score (nSPS) is 11.7. The van der Waals surface area contributed by atoms with Crippen molar-refractivity contribution in [2.45, 2.75) is 6.92 Å². The summed E-state index contributed by atoms with van der Waals surface area (Å²) in [5.74, 6) is 5.41. The summed E-state index contributed by atoms with van der Waals surface area (Å²) >= 11 is 0. The van der Waals surface area contributed by atoms with Gasteiger partial charge in [-0.1, -0.05) is 13.0 Å². The lowest BCUT2D eigenvalue weighted by molar-refractivity contribution is -0.384. The topological polar surface area (TPSA) is 127 Å². The van der Waals surface area contributed by atoms with Crippen molar-refractivity contribution in [2.24, 2.45) is 5.84 Å². The minimum absolute atomic E-state index is 0.0554. The number of benzene rings is 1. The second-order valence-electron chi connectivity index (χ2n) is 3.79. The Morgan fingerprint density at radius 2 is 2.20 bits per heavy atom. The van der Waals surface area contributed by atoms with Crippen LogP contribution >= 0.6 is 0 Å². The highest BCUT2D eigenvalue weighted by Gasteiger charge is 2.23. The van der Waals surface area contributed by atoms with Crippen molar-refractivity contribution in [3.05, 3.63) is 33.9 Å². The molecule has 1 atom stereocenters. The number of hydrazine groups is 1. The molecular formula is C11H16N4O4S. The molecule has 0 aromatic heterocycles. The Morgan fingerprint density at radius 1 is 1.50 bits per heavy atom. The van der Waals surface area contributed by atoms with Crippen molar-refractivity contribution >= 4 is 28.1 Å². The predicted octanol–water partition coefficient (Wildman–Crippen LogP) is 0.379. The van der Waals surface area contributed by atoms with E-state index in [4.69, 9.17) is 5.84 Å². The fraction of sp³-hybridized carbons (Fsp3) is 0.364. The zero-order valence-corrected chi connectivity index (χ0v) is 11.7. The Kier molecular flexibility index (Phi) is 6.07. The molecule has 0 aliphatic heterocycles. The van der Waals surface area contributed by atoms with Crippen molar-refractivity contribution in [3.8, 4) is 0 Å². The third kappa shape index (κ3) is 4.00. The molecule has 8 nitrogen and oxygen atoms in total. The van der Waals surface area contributed by atoms with Crippen LogP contribution in [0.2, 0.25) is 0 Å². The van der Waals surface area contributed by atoms with Crippen molar-refractivity contribution in [1.29, 1.82) is 0 Å². The maximum atomic E-state index is 11.9. The fourth-order valence-corrected chi connectivity index (χ4v) is 2.18. The number of nitrogens with two attached hydrogens (primary N) is 1. The van der Waals surface area contributed by atoms with E-state index in [9.17, 15) is 19.1 Å². The molecule has 9 heteroatoms. The number of rotatable bonds is 7. The molecule has 0 fully saturated rings. The molecule has 4 N–H and O–H groups in total. The largest absolute Gasteiger partial charge is 0.351 e. The lowest BCUT2D eigenvalue weighted by atomic mass is 10.1. The van der Waals surface area contributed by atoms with Gasteiger partial charge < -0.3 is 10.7 Å². The Balaban J connectivity index is 2.87. The molecular weight excluding hydrogens is 284 g/mol. The zero-order chi connectivity index (χ0) is 15.1. The van der Waals surface area contributed by atoms with Gasteiger partial charge in [0.15, 0.2) is 0 Å². The van der Waals surface area contributed by atoms with Crippen molar-refractivity contribution in [2.75, 3.05) is 23.5 Å². The average molecular weight is 300 g/mol. The van der Waals surface area contributed by atoms with Crippen LogP contribution in [0.5, 0.6) is 0 Å². The van der Waals surface area contributed by atoms with Gasteiger partial charge in [-0.2, -0.15) is 0 Å². The number of anilines is 1. The predicted molar refractivity (Wildman–Crippen MR) is 76.8 cm³/mol. The maximum Gasteiger partial charge on any atom is 0.306 e. The van der Waals surface area contributed by atoms with E-state index in [-0.39, 0.29) is 23.5 Å². The number of carbonyl (C=O) groups excluding carboxylic acids is 1. The molecule has 0 aliphatic carbocycles. The van der Waals surface area contributed by atoms with E-state index in [1.54, 1.807) is 6.92 Å². The van der Waals surface area contributed by atoms with Crippen LogP contribution in [0.4, 0.5) is 11.4 Å². The maximum absolute atomic E-state index is 11.9. The van der Waals surface area contributed by atoms with Gasteiger partial charge in [0.25, 0.3) is 5.91 Å². The zero-order valence-electron chi connectivity index (χ0n) is 10.9. The van der Waals surface area contributed by atoms with Gasteiger partial charge in [-0.15, -0.1) is 0 Å². The van der Waals surface area contributed by atoms with Crippen molar-refractivity contribution in [1.82, 2.24) is 5.32 Å². The smallest absolute Gasteiger partial charge is 0.306 e. The first kappa shape index (κ1) is 16.1. The van der Waals surface area contributed by atoms with Crippen LogP contribution in [0, 0.1) is 10.1 Å². The van der Waals surface area contributed by atoms with E-state index in [0.29, 0.717) is 11.5 Å². The number of nitrogen functional groups attached to an aromatic ring is 1. The molecule has 1 amide bonds. The number of nitrogens with one attached hydrogen (secondary N) is 2. The molecule has 1 unspecified atom stereocenters. The molecule has 0 spiro atoms. The number of hydrogen-bond acceptors (Lipinski definition) is 6. The summed E-state index contributed by atoms with van der Waals surface area (Å²) in [5, 5.41) is 13.5. The third-order valence-electron chi connectivity index (χ3n) is 2.56. The van der Waals surface area contributed by atoms with Crippen LogP contribution in [0.25, 0.3) is 0 Å². The molecule has 1 aromatic rings. The Hall–Kier alpha value is -2.00. The van der Waals surface area contributed by atoms with Crippen molar-refractivity contribution in [3.63, 3.8) is 0 Å². The van der Waals surface area contributed by atoms with Crippen LogP contribution in [-0.2, 0) is 10.8 Å². The first-order valence-electron chi connectivity index (χ1n) is 5.88. The minimum atomic E-state index is -1.00. The monoisotopic (exact) mass is 300 g/mol. The molecule has 1 rings (SSSR count). The summed E-state index contributed by atoms with van der Waals surface area (Å²) in [7, 11) is -1.00. The fourth-order valence-electron chi connectivity index (χ4n) is 1.56. The molecule has 0 heterocycles. The van der Waals surface area contributed by atoms with Crippen LogP contribution in [0.1, 0.15) is 17.3 Å². The molecule has 0 aliphatic rings. The van der Waals surface area contributed by atoms with Gasteiger partial charge in [-0.05, 0) is 12.1 Å². The molecule has 110 valence electrons. The lowest BCUT2D eigenvalue weighted by Gasteiger charge is -2.08. The number of nitro groups is 1. The number of para-hydroxylation sites is 1. The summed E-state index contributed by atoms with van der Waals surface area (Å²) < 4.78 is 11.2. The number of nitro benzene ring substituents is 1. The van der Waals surface area contributed by atoms with E-state index >= 15 is 0 Å². The second-order valence-corrected chi connectivity index (χ2v) is 5.66. The first-order chi connectivity index (χ1) is 9.51. The van der Waals surface area contributed by atoms with E-state index < -0.39 is 21.6 Å². The molecule has 0 radical (unpaired) electrons. The highest BCUT2D eigenvalue weighted by molar-refractivity contribution is 7.84. The van der Waals surface area contributed by atoms with Gasteiger partial charge in [-0.25, -0.2) is 0 Å². The van der Waals surface area contributed by atoms with Crippen molar-refractivity contribution < 1.29 is 13.9 Å². The third-order valence-corrected chi connectivity index (χ3v) is 3.86. The van der Waals surface area contributed by atoms with E-state index in [2.05, 4.69) is 10.7 Å². The molecule has 0 saturated heterocycles.